The number of hydrogen-bond donors (Lipinski definition) is 1. The van der Waals surface area contributed by atoms with Crippen LogP contribution >= 0.6 is 11.6 Å². The van der Waals surface area contributed by atoms with Crippen LogP contribution in [-0.2, 0) is 16.6 Å². The van der Waals surface area contributed by atoms with Gasteiger partial charge in [-0.25, -0.2) is 13.1 Å². The average Bonchev–Trinajstić information content (AvgIpc) is 2.63. The molecule has 2 heterocycles. The number of nitrogens with zero attached hydrogens (tertiary/aromatic N) is 2. The second-order valence-corrected chi connectivity index (χ2v) is 7.62. The number of pyridine rings is 2. The zero-order chi connectivity index (χ0) is 17.9. The summed E-state index contributed by atoms with van der Waals surface area (Å²) in [6, 6.07) is 12.2. The van der Waals surface area contributed by atoms with Gasteiger partial charge in [-0.1, -0.05) is 17.7 Å². The lowest BCUT2D eigenvalue weighted by atomic mass is 10.1. The van der Waals surface area contributed by atoms with Gasteiger partial charge in [0, 0.05) is 35.7 Å². The second-order valence-electron chi connectivity index (χ2n) is 5.48. The van der Waals surface area contributed by atoms with E-state index in [1.54, 1.807) is 43.7 Å². The first-order chi connectivity index (χ1) is 12.0. The van der Waals surface area contributed by atoms with Gasteiger partial charge in [0.15, 0.2) is 0 Å². The molecule has 3 rings (SSSR count). The second kappa shape index (κ2) is 7.31. The highest BCUT2D eigenvalue weighted by Crippen LogP contribution is 2.23. The van der Waals surface area contributed by atoms with Gasteiger partial charge < -0.3 is 0 Å². The molecule has 0 aliphatic carbocycles. The largest absolute Gasteiger partial charge is 0.264 e. The van der Waals surface area contributed by atoms with Crippen LogP contribution in [0.15, 0.2) is 66.0 Å². The molecular weight excluding hydrogens is 358 g/mol. The Labute approximate surface area is 151 Å². The lowest BCUT2D eigenvalue weighted by Crippen LogP contribution is -2.24. The normalized spacial score (nSPS) is 11.4. The molecule has 0 atom stereocenters. The molecule has 0 fully saturated rings. The highest BCUT2D eigenvalue weighted by Gasteiger charge is 2.17. The fraction of sp³-hybridized carbons (Fsp3) is 0.111. The molecule has 0 spiro atoms. The Balaban J connectivity index is 1.81. The Morgan fingerprint density at radius 1 is 1.12 bits per heavy atom. The summed E-state index contributed by atoms with van der Waals surface area (Å²) in [7, 11) is -3.66. The third-order valence-corrected chi connectivity index (χ3v) is 5.71. The minimum atomic E-state index is -3.66. The molecule has 3 aromatic rings. The number of halogens is 1. The molecule has 0 amide bonds. The maximum Gasteiger partial charge on any atom is 0.241 e. The van der Waals surface area contributed by atoms with Crippen molar-refractivity contribution in [2.45, 2.75) is 18.4 Å². The third-order valence-electron chi connectivity index (χ3n) is 3.76. The van der Waals surface area contributed by atoms with Crippen LogP contribution in [0.4, 0.5) is 0 Å². The number of benzene rings is 1. The van der Waals surface area contributed by atoms with E-state index in [2.05, 4.69) is 14.7 Å². The molecular formula is C18H16ClN3O2S. The van der Waals surface area contributed by atoms with E-state index in [4.69, 9.17) is 11.6 Å². The van der Waals surface area contributed by atoms with Crippen molar-refractivity contribution in [3.63, 3.8) is 0 Å². The topological polar surface area (TPSA) is 72.0 Å². The molecule has 0 aliphatic rings. The van der Waals surface area contributed by atoms with Crippen molar-refractivity contribution in [2.24, 2.45) is 0 Å². The highest BCUT2D eigenvalue weighted by atomic mass is 35.5. The standard InChI is InChI=1S/C18H16ClN3O2S/c1-13-16(19)5-2-6-18(13)25(23,24)22-11-14-7-9-21-17(10-14)15-4-3-8-20-12-15/h2-10,12,22H,11H2,1H3. The molecule has 1 aromatic carbocycles. The first-order valence-corrected chi connectivity index (χ1v) is 9.43. The van der Waals surface area contributed by atoms with Gasteiger partial charge in [-0.05, 0) is 54.4 Å². The SMILES string of the molecule is Cc1c(Cl)cccc1S(=O)(=O)NCc1ccnc(-c2cccnc2)c1. The van der Waals surface area contributed by atoms with E-state index < -0.39 is 10.0 Å². The average molecular weight is 374 g/mol. The molecule has 0 bridgehead atoms. The Kier molecular flexibility index (Phi) is 5.13. The minimum Gasteiger partial charge on any atom is -0.264 e. The molecule has 0 unspecified atom stereocenters. The first kappa shape index (κ1) is 17.5. The maximum atomic E-state index is 12.5. The van der Waals surface area contributed by atoms with Crippen molar-refractivity contribution in [1.29, 1.82) is 0 Å². The zero-order valence-corrected chi connectivity index (χ0v) is 15.1. The summed E-state index contributed by atoms with van der Waals surface area (Å²) in [5.74, 6) is 0. The van der Waals surface area contributed by atoms with E-state index >= 15 is 0 Å². The summed E-state index contributed by atoms with van der Waals surface area (Å²) >= 11 is 6.02. The van der Waals surface area contributed by atoms with Crippen LogP contribution in [0.1, 0.15) is 11.1 Å². The van der Waals surface area contributed by atoms with Crippen molar-refractivity contribution in [2.75, 3.05) is 0 Å². The fourth-order valence-electron chi connectivity index (χ4n) is 2.39. The molecule has 0 saturated carbocycles. The van der Waals surface area contributed by atoms with Gasteiger partial charge in [-0.15, -0.1) is 0 Å². The lowest BCUT2D eigenvalue weighted by molar-refractivity contribution is 0.580. The van der Waals surface area contributed by atoms with Crippen molar-refractivity contribution < 1.29 is 8.42 Å². The van der Waals surface area contributed by atoms with Gasteiger partial charge >= 0.3 is 0 Å². The number of hydrogen-bond acceptors (Lipinski definition) is 4. The van der Waals surface area contributed by atoms with Crippen LogP contribution in [0, 0.1) is 6.92 Å². The quantitative estimate of drug-likeness (QED) is 0.741. The van der Waals surface area contributed by atoms with E-state index in [0.29, 0.717) is 10.6 Å². The smallest absolute Gasteiger partial charge is 0.241 e. The number of sulfonamides is 1. The van der Waals surface area contributed by atoms with Gasteiger partial charge in [0.05, 0.1) is 10.6 Å². The lowest BCUT2D eigenvalue weighted by Gasteiger charge is -2.11. The van der Waals surface area contributed by atoms with Gasteiger partial charge in [-0.2, -0.15) is 0 Å². The molecule has 0 aliphatic heterocycles. The van der Waals surface area contributed by atoms with Crippen molar-refractivity contribution >= 4 is 21.6 Å². The van der Waals surface area contributed by atoms with Crippen LogP contribution in [-0.4, -0.2) is 18.4 Å². The fourth-order valence-corrected chi connectivity index (χ4v) is 3.90. The molecule has 5 nitrogen and oxygen atoms in total. The van der Waals surface area contributed by atoms with Gasteiger partial charge in [0.2, 0.25) is 10.0 Å². The van der Waals surface area contributed by atoms with Crippen LogP contribution < -0.4 is 4.72 Å². The molecule has 0 radical (unpaired) electrons. The van der Waals surface area contributed by atoms with E-state index in [-0.39, 0.29) is 11.4 Å². The third kappa shape index (κ3) is 4.04. The predicted molar refractivity (Wildman–Crippen MR) is 97.7 cm³/mol. The summed E-state index contributed by atoms with van der Waals surface area (Å²) < 4.78 is 27.7. The molecule has 0 saturated heterocycles. The molecule has 128 valence electrons. The van der Waals surface area contributed by atoms with E-state index in [0.717, 1.165) is 16.8 Å². The summed E-state index contributed by atoms with van der Waals surface area (Å²) in [6.45, 7) is 1.84. The minimum absolute atomic E-state index is 0.157. The molecule has 1 N–H and O–H groups in total. The molecule has 7 heteroatoms. The van der Waals surface area contributed by atoms with Crippen molar-refractivity contribution in [1.82, 2.24) is 14.7 Å². The van der Waals surface area contributed by atoms with E-state index in [1.165, 1.54) is 6.07 Å². The van der Waals surface area contributed by atoms with Gasteiger partial charge in [0.1, 0.15) is 0 Å². The Bertz CT molecular complexity index is 992. The molecule has 2 aromatic heterocycles. The highest BCUT2D eigenvalue weighted by molar-refractivity contribution is 7.89. The summed E-state index contributed by atoms with van der Waals surface area (Å²) in [5.41, 5.74) is 2.95. The van der Waals surface area contributed by atoms with Crippen LogP contribution in [0.25, 0.3) is 11.3 Å². The van der Waals surface area contributed by atoms with E-state index in [9.17, 15) is 8.42 Å². The Morgan fingerprint density at radius 2 is 1.96 bits per heavy atom. The maximum absolute atomic E-state index is 12.5. The number of nitrogens with one attached hydrogen (secondary N) is 1. The van der Waals surface area contributed by atoms with Crippen LogP contribution in [0.5, 0.6) is 0 Å². The number of aromatic nitrogens is 2. The van der Waals surface area contributed by atoms with Crippen LogP contribution in [0.2, 0.25) is 5.02 Å². The molecule has 25 heavy (non-hydrogen) atoms. The summed E-state index contributed by atoms with van der Waals surface area (Å²) in [5, 5.41) is 0.422. The van der Waals surface area contributed by atoms with Gasteiger partial charge in [0.25, 0.3) is 0 Å². The predicted octanol–water partition coefficient (Wildman–Crippen LogP) is 3.58. The van der Waals surface area contributed by atoms with Crippen LogP contribution in [0.3, 0.4) is 0 Å². The zero-order valence-electron chi connectivity index (χ0n) is 13.5. The van der Waals surface area contributed by atoms with E-state index in [1.807, 2.05) is 18.2 Å². The Hall–Kier alpha value is -2.28. The first-order valence-electron chi connectivity index (χ1n) is 7.57. The van der Waals surface area contributed by atoms with Gasteiger partial charge in [-0.3, -0.25) is 9.97 Å². The monoisotopic (exact) mass is 373 g/mol. The van der Waals surface area contributed by atoms with Crippen molar-refractivity contribution in [3.05, 3.63) is 77.2 Å². The Morgan fingerprint density at radius 3 is 2.72 bits per heavy atom. The summed E-state index contributed by atoms with van der Waals surface area (Å²) in [6.07, 6.45) is 5.05. The number of rotatable bonds is 5. The van der Waals surface area contributed by atoms with Crippen molar-refractivity contribution in [3.8, 4) is 11.3 Å². The summed E-state index contributed by atoms with van der Waals surface area (Å²) in [4.78, 5) is 8.55.